The van der Waals surface area contributed by atoms with Crippen LogP contribution in [0.4, 0.5) is 0 Å². The summed E-state index contributed by atoms with van der Waals surface area (Å²) in [5.41, 5.74) is 2.01. The Labute approximate surface area is 166 Å². The number of rotatable bonds is 7. The molecule has 0 saturated carbocycles. The van der Waals surface area contributed by atoms with Crippen molar-refractivity contribution in [3.8, 4) is 5.75 Å². The minimum Gasteiger partial charge on any atom is -0.483 e. The van der Waals surface area contributed by atoms with Crippen LogP contribution >= 0.6 is 0 Å². The number of hydrogen-bond acceptors (Lipinski definition) is 5. The van der Waals surface area contributed by atoms with Crippen LogP contribution in [0.2, 0.25) is 0 Å². The lowest BCUT2D eigenvalue weighted by Gasteiger charge is -2.16. The van der Waals surface area contributed by atoms with Crippen molar-refractivity contribution in [2.45, 2.75) is 26.3 Å². The summed E-state index contributed by atoms with van der Waals surface area (Å²) >= 11 is 0. The van der Waals surface area contributed by atoms with Crippen molar-refractivity contribution < 1.29 is 23.8 Å². The van der Waals surface area contributed by atoms with E-state index in [0.29, 0.717) is 23.3 Å². The van der Waals surface area contributed by atoms with Gasteiger partial charge < -0.3 is 19.6 Å². The SMILES string of the molecule is CCc1cc2c(C)cc(=O)oc2cc1OCC(=O)N[C@@H](C(=O)O)c1ccccc1. The van der Waals surface area contributed by atoms with Gasteiger partial charge in [-0.3, -0.25) is 4.79 Å². The summed E-state index contributed by atoms with van der Waals surface area (Å²) in [5, 5.41) is 12.7. The van der Waals surface area contributed by atoms with Crippen LogP contribution < -0.4 is 15.7 Å². The molecule has 2 aromatic carbocycles. The fourth-order valence-corrected chi connectivity index (χ4v) is 3.08. The number of carboxylic acid groups (broad SMARTS) is 1. The number of aryl methyl sites for hydroxylation is 2. The topological polar surface area (TPSA) is 106 Å². The lowest BCUT2D eigenvalue weighted by molar-refractivity contribution is -0.142. The van der Waals surface area contributed by atoms with Crippen LogP contribution in [-0.4, -0.2) is 23.6 Å². The molecule has 0 saturated heterocycles. The highest BCUT2D eigenvalue weighted by Gasteiger charge is 2.22. The fraction of sp³-hybridized carbons (Fsp3) is 0.227. The van der Waals surface area contributed by atoms with Gasteiger partial charge in [0.1, 0.15) is 11.3 Å². The van der Waals surface area contributed by atoms with Crippen LogP contribution in [0.15, 0.2) is 57.7 Å². The molecule has 2 N–H and O–H groups in total. The largest absolute Gasteiger partial charge is 0.483 e. The monoisotopic (exact) mass is 395 g/mol. The Hall–Kier alpha value is -3.61. The van der Waals surface area contributed by atoms with Gasteiger partial charge in [-0.15, -0.1) is 0 Å². The van der Waals surface area contributed by atoms with Crippen LogP contribution in [0.25, 0.3) is 11.0 Å². The lowest BCUT2D eigenvalue weighted by atomic mass is 10.1. The number of carbonyl (C=O) groups excluding carboxylic acids is 1. The maximum absolute atomic E-state index is 12.3. The number of amides is 1. The molecule has 7 heteroatoms. The molecule has 150 valence electrons. The summed E-state index contributed by atoms with van der Waals surface area (Å²) in [6.07, 6.45) is 0.646. The minimum absolute atomic E-state index is 0.370. The number of aliphatic carboxylic acids is 1. The number of benzene rings is 2. The number of carboxylic acids is 1. The van der Waals surface area contributed by atoms with Gasteiger partial charge in [-0.05, 0) is 36.1 Å². The van der Waals surface area contributed by atoms with Crippen LogP contribution in [0.3, 0.4) is 0 Å². The van der Waals surface area contributed by atoms with Crippen molar-refractivity contribution in [3.05, 3.63) is 75.6 Å². The van der Waals surface area contributed by atoms with E-state index in [-0.39, 0.29) is 6.61 Å². The number of fused-ring (bicyclic) bond motifs is 1. The highest BCUT2D eigenvalue weighted by molar-refractivity contribution is 5.86. The normalized spacial score (nSPS) is 11.8. The Kier molecular flexibility index (Phi) is 5.97. The van der Waals surface area contributed by atoms with Crippen molar-refractivity contribution in [1.29, 1.82) is 0 Å². The van der Waals surface area contributed by atoms with E-state index in [0.717, 1.165) is 16.5 Å². The van der Waals surface area contributed by atoms with E-state index in [1.54, 1.807) is 36.4 Å². The molecular formula is C22H21NO6. The van der Waals surface area contributed by atoms with Gasteiger partial charge in [0.05, 0.1) is 0 Å². The average Bonchev–Trinajstić information content (AvgIpc) is 2.70. The molecule has 0 aliphatic rings. The predicted octanol–water partition coefficient (Wildman–Crippen LogP) is 2.98. The van der Waals surface area contributed by atoms with Gasteiger partial charge in [0.2, 0.25) is 0 Å². The number of ether oxygens (including phenoxy) is 1. The third-order valence-corrected chi connectivity index (χ3v) is 4.56. The maximum atomic E-state index is 12.3. The first kappa shape index (κ1) is 20.1. The molecule has 0 aliphatic carbocycles. The van der Waals surface area contributed by atoms with Crippen LogP contribution in [0.1, 0.15) is 29.7 Å². The number of carbonyl (C=O) groups is 2. The van der Waals surface area contributed by atoms with Crippen molar-refractivity contribution >= 4 is 22.8 Å². The zero-order valence-corrected chi connectivity index (χ0v) is 16.1. The molecule has 0 radical (unpaired) electrons. The van der Waals surface area contributed by atoms with Gasteiger partial charge in [-0.1, -0.05) is 37.3 Å². The van der Waals surface area contributed by atoms with E-state index in [9.17, 15) is 19.5 Å². The molecular weight excluding hydrogens is 374 g/mol. The van der Waals surface area contributed by atoms with Crippen LogP contribution in [-0.2, 0) is 16.0 Å². The van der Waals surface area contributed by atoms with Gasteiger partial charge in [-0.25, -0.2) is 9.59 Å². The Bertz CT molecular complexity index is 1100. The molecule has 3 rings (SSSR count). The zero-order valence-electron chi connectivity index (χ0n) is 16.1. The molecule has 3 aromatic rings. The fourth-order valence-electron chi connectivity index (χ4n) is 3.08. The first-order chi connectivity index (χ1) is 13.9. The molecule has 0 fully saturated rings. The Morgan fingerprint density at radius 3 is 2.55 bits per heavy atom. The van der Waals surface area contributed by atoms with Gasteiger partial charge in [0.25, 0.3) is 5.91 Å². The highest BCUT2D eigenvalue weighted by atomic mass is 16.5. The summed E-state index contributed by atoms with van der Waals surface area (Å²) in [6.45, 7) is 3.39. The van der Waals surface area contributed by atoms with Crippen molar-refractivity contribution in [2.75, 3.05) is 6.61 Å². The Morgan fingerprint density at radius 1 is 1.17 bits per heavy atom. The van der Waals surface area contributed by atoms with E-state index in [1.807, 2.05) is 19.9 Å². The molecule has 1 amide bonds. The summed E-state index contributed by atoms with van der Waals surface area (Å²) in [5.74, 6) is -1.33. The summed E-state index contributed by atoms with van der Waals surface area (Å²) in [7, 11) is 0. The van der Waals surface area contributed by atoms with E-state index < -0.39 is 23.5 Å². The van der Waals surface area contributed by atoms with Gasteiger partial charge in [0.15, 0.2) is 12.6 Å². The molecule has 0 unspecified atom stereocenters. The lowest BCUT2D eigenvalue weighted by Crippen LogP contribution is -2.36. The van der Waals surface area contributed by atoms with Crippen molar-refractivity contribution in [1.82, 2.24) is 5.32 Å². The maximum Gasteiger partial charge on any atom is 0.336 e. The Morgan fingerprint density at radius 2 is 1.90 bits per heavy atom. The van der Waals surface area contributed by atoms with Crippen molar-refractivity contribution in [3.63, 3.8) is 0 Å². The number of hydrogen-bond donors (Lipinski definition) is 2. The molecule has 0 spiro atoms. The number of nitrogens with one attached hydrogen (secondary N) is 1. The second-order valence-electron chi connectivity index (χ2n) is 6.60. The molecule has 7 nitrogen and oxygen atoms in total. The van der Waals surface area contributed by atoms with Crippen LogP contribution in [0.5, 0.6) is 5.75 Å². The molecule has 1 heterocycles. The quantitative estimate of drug-likeness (QED) is 0.596. The summed E-state index contributed by atoms with van der Waals surface area (Å²) < 4.78 is 10.9. The third kappa shape index (κ3) is 4.63. The smallest absolute Gasteiger partial charge is 0.336 e. The second-order valence-corrected chi connectivity index (χ2v) is 6.60. The highest BCUT2D eigenvalue weighted by Crippen LogP contribution is 2.27. The molecule has 0 bridgehead atoms. The van der Waals surface area contributed by atoms with Gasteiger partial charge in [-0.2, -0.15) is 0 Å². The predicted molar refractivity (Wildman–Crippen MR) is 107 cm³/mol. The molecule has 0 aliphatic heterocycles. The molecule has 1 atom stereocenters. The van der Waals surface area contributed by atoms with Crippen LogP contribution in [0, 0.1) is 6.92 Å². The molecule has 1 aromatic heterocycles. The van der Waals surface area contributed by atoms with Gasteiger partial charge >= 0.3 is 11.6 Å². The first-order valence-electron chi connectivity index (χ1n) is 9.16. The van der Waals surface area contributed by atoms with E-state index in [4.69, 9.17) is 9.15 Å². The van der Waals surface area contributed by atoms with E-state index in [2.05, 4.69) is 5.32 Å². The third-order valence-electron chi connectivity index (χ3n) is 4.56. The summed E-state index contributed by atoms with van der Waals surface area (Å²) in [4.78, 5) is 35.5. The average molecular weight is 395 g/mol. The van der Waals surface area contributed by atoms with E-state index >= 15 is 0 Å². The van der Waals surface area contributed by atoms with Gasteiger partial charge in [0, 0.05) is 17.5 Å². The second kappa shape index (κ2) is 8.60. The standard InChI is InChI=1S/C22H21NO6/c1-3-14-10-16-13(2)9-20(25)29-18(16)11-17(14)28-12-19(24)23-21(22(26)27)15-7-5-4-6-8-15/h4-11,21H,3,12H2,1-2H3,(H,23,24)(H,26,27)/t21-/m1/s1. The van der Waals surface area contributed by atoms with Crippen molar-refractivity contribution in [2.24, 2.45) is 0 Å². The molecule has 29 heavy (non-hydrogen) atoms. The van der Waals surface area contributed by atoms with E-state index in [1.165, 1.54) is 6.07 Å². The summed E-state index contributed by atoms with van der Waals surface area (Å²) in [6, 6.07) is 12.1. The first-order valence-corrected chi connectivity index (χ1v) is 9.16. The minimum atomic E-state index is -1.17. The Balaban J connectivity index is 1.78. The zero-order chi connectivity index (χ0) is 21.0.